The van der Waals surface area contributed by atoms with Crippen LogP contribution in [0.4, 0.5) is 0 Å². The fourth-order valence-corrected chi connectivity index (χ4v) is 4.31. The molecule has 0 aliphatic carbocycles. The molecule has 1 N–H and O–H groups in total. The van der Waals surface area contributed by atoms with E-state index in [1.165, 1.54) is 15.3 Å². The van der Waals surface area contributed by atoms with Gasteiger partial charge >= 0.3 is 0 Å². The molecule has 1 aromatic heterocycles. The van der Waals surface area contributed by atoms with Crippen LogP contribution in [0.2, 0.25) is 0 Å². The number of sulfone groups is 1. The van der Waals surface area contributed by atoms with E-state index in [0.717, 1.165) is 0 Å². The van der Waals surface area contributed by atoms with Crippen molar-refractivity contribution in [2.45, 2.75) is 40.2 Å². The summed E-state index contributed by atoms with van der Waals surface area (Å²) in [6.07, 6.45) is 0.695. The van der Waals surface area contributed by atoms with Gasteiger partial charge in [0.05, 0.1) is 5.75 Å². The van der Waals surface area contributed by atoms with E-state index < -0.39 is 9.84 Å². The third-order valence-corrected chi connectivity index (χ3v) is 5.76. The lowest BCUT2D eigenvalue weighted by Crippen LogP contribution is -2.26. The Kier molecular flexibility index (Phi) is 5.82. The lowest BCUT2D eigenvalue weighted by atomic mass is 10.1. The maximum absolute atomic E-state index is 11.6. The maximum Gasteiger partial charge on any atom is 0.151 e. The first-order valence-corrected chi connectivity index (χ1v) is 9.00. The Hall–Kier alpha value is -0.390. The number of rotatable bonds is 7. The van der Waals surface area contributed by atoms with E-state index in [2.05, 4.69) is 32.2 Å². The highest BCUT2D eigenvalue weighted by Crippen LogP contribution is 2.25. The summed E-state index contributed by atoms with van der Waals surface area (Å²) in [6.45, 7) is 8.71. The molecule has 1 heterocycles. The molecular weight excluding hydrogens is 266 g/mol. The van der Waals surface area contributed by atoms with Crippen LogP contribution in [0.15, 0.2) is 6.07 Å². The molecule has 0 fully saturated rings. The molecule has 1 unspecified atom stereocenters. The second-order valence-corrected chi connectivity index (χ2v) is 8.46. The van der Waals surface area contributed by atoms with Crippen molar-refractivity contribution >= 4 is 21.2 Å². The van der Waals surface area contributed by atoms with E-state index in [-0.39, 0.29) is 11.8 Å². The molecule has 0 saturated carbocycles. The molecule has 0 aliphatic rings. The minimum atomic E-state index is -2.87. The lowest BCUT2D eigenvalue weighted by molar-refractivity contribution is 0.571. The normalized spacial score (nSPS) is 13.8. The Labute approximate surface area is 115 Å². The summed E-state index contributed by atoms with van der Waals surface area (Å²) < 4.78 is 23.2. The molecule has 18 heavy (non-hydrogen) atoms. The maximum atomic E-state index is 11.6. The van der Waals surface area contributed by atoms with Crippen LogP contribution in [0.3, 0.4) is 0 Å². The molecule has 1 atom stereocenters. The van der Waals surface area contributed by atoms with Crippen molar-refractivity contribution in [3.05, 3.63) is 21.4 Å². The summed E-state index contributed by atoms with van der Waals surface area (Å²) in [5.74, 6) is 0.521. The zero-order valence-electron chi connectivity index (χ0n) is 11.6. The topological polar surface area (TPSA) is 46.2 Å². The summed E-state index contributed by atoms with van der Waals surface area (Å²) >= 11 is 1.79. The molecule has 0 aromatic carbocycles. The molecule has 0 saturated heterocycles. The number of thiophene rings is 1. The van der Waals surface area contributed by atoms with E-state index in [1.54, 1.807) is 11.3 Å². The zero-order valence-corrected chi connectivity index (χ0v) is 13.2. The molecule has 0 spiro atoms. The number of hydrogen-bond acceptors (Lipinski definition) is 4. The van der Waals surface area contributed by atoms with Crippen LogP contribution in [0.25, 0.3) is 0 Å². The van der Waals surface area contributed by atoms with Gasteiger partial charge in [-0.1, -0.05) is 6.92 Å². The number of aryl methyl sites for hydroxylation is 2. The van der Waals surface area contributed by atoms with Gasteiger partial charge in [-0.25, -0.2) is 8.42 Å². The first kappa shape index (κ1) is 15.7. The number of hydrogen-bond donors (Lipinski definition) is 1. The van der Waals surface area contributed by atoms with Gasteiger partial charge in [0.25, 0.3) is 0 Å². The van der Waals surface area contributed by atoms with Crippen molar-refractivity contribution in [1.29, 1.82) is 0 Å². The van der Waals surface area contributed by atoms with Gasteiger partial charge in [0.15, 0.2) is 9.84 Å². The molecule has 1 aromatic rings. The van der Waals surface area contributed by atoms with Gasteiger partial charge in [0.1, 0.15) is 0 Å². The van der Waals surface area contributed by atoms with E-state index in [0.29, 0.717) is 18.7 Å². The van der Waals surface area contributed by atoms with Crippen LogP contribution in [0, 0.1) is 13.8 Å². The third-order valence-electron chi connectivity index (χ3n) is 2.92. The van der Waals surface area contributed by atoms with Gasteiger partial charge in [-0.05, 0) is 38.8 Å². The van der Waals surface area contributed by atoms with Gasteiger partial charge in [-0.2, -0.15) is 0 Å². The average molecular weight is 289 g/mol. The Balaban J connectivity index is 2.47. The van der Waals surface area contributed by atoms with Gasteiger partial charge in [0.2, 0.25) is 0 Å². The Morgan fingerprint density at radius 3 is 2.50 bits per heavy atom. The van der Waals surface area contributed by atoms with E-state index in [1.807, 2.05) is 6.92 Å². The summed E-state index contributed by atoms with van der Waals surface area (Å²) in [7, 11) is -2.87. The first-order valence-electron chi connectivity index (χ1n) is 6.36. The summed E-state index contributed by atoms with van der Waals surface area (Å²) in [5, 5.41) is 3.30. The SMILES string of the molecule is CCCS(=O)(=O)CCNC(C)c1cc(C)sc1C. The highest BCUT2D eigenvalue weighted by atomic mass is 32.2. The standard InChI is InChI=1S/C13H23NO2S2/c1-5-7-18(15,16)8-6-14-11(3)13-9-10(2)17-12(13)4/h9,11,14H,5-8H2,1-4H3. The van der Waals surface area contributed by atoms with E-state index in [9.17, 15) is 8.42 Å². The molecule has 3 nitrogen and oxygen atoms in total. The zero-order chi connectivity index (χ0) is 13.8. The molecule has 1 rings (SSSR count). The molecule has 104 valence electrons. The van der Waals surface area contributed by atoms with Crippen molar-refractivity contribution in [3.63, 3.8) is 0 Å². The van der Waals surface area contributed by atoms with Crippen LogP contribution in [0.5, 0.6) is 0 Å². The summed E-state index contributed by atoms with van der Waals surface area (Å²) in [4.78, 5) is 2.61. The minimum absolute atomic E-state index is 0.215. The van der Waals surface area contributed by atoms with Crippen molar-refractivity contribution in [1.82, 2.24) is 5.32 Å². The summed E-state index contributed by atoms with van der Waals surface area (Å²) in [6, 6.07) is 2.39. The van der Waals surface area contributed by atoms with Crippen molar-refractivity contribution in [3.8, 4) is 0 Å². The average Bonchev–Trinajstić information content (AvgIpc) is 2.57. The minimum Gasteiger partial charge on any atom is -0.309 e. The van der Waals surface area contributed by atoms with Crippen molar-refractivity contribution < 1.29 is 8.42 Å². The molecule has 0 aliphatic heterocycles. The smallest absolute Gasteiger partial charge is 0.151 e. The fraction of sp³-hybridized carbons (Fsp3) is 0.692. The summed E-state index contributed by atoms with van der Waals surface area (Å²) in [5.41, 5.74) is 1.28. The Morgan fingerprint density at radius 2 is 2.00 bits per heavy atom. The van der Waals surface area contributed by atoms with Gasteiger partial charge in [-0.3, -0.25) is 0 Å². The quantitative estimate of drug-likeness (QED) is 0.839. The van der Waals surface area contributed by atoms with Crippen LogP contribution in [-0.4, -0.2) is 26.5 Å². The predicted octanol–water partition coefficient (Wildman–Crippen LogP) is 2.84. The van der Waals surface area contributed by atoms with E-state index in [4.69, 9.17) is 0 Å². The largest absolute Gasteiger partial charge is 0.309 e. The Bertz CT molecular complexity index is 477. The van der Waals surface area contributed by atoms with Crippen molar-refractivity contribution in [2.75, 3.05) is 18.1 Å². The molecular formula is C13H23NO2S2. The number of nitrogens with one attached hydrogen (secondary N) is 1. The Morgan fingerprint density at radius 1 is 1.33 bits per heavy atom. The lowest BCUT2D eigenvalue weighted by Gasteiger charge is -2.13. The third kappa shape index (κ3) is 4.71. The molecule has 5 heteroatoms. The van der Waals surface area contributed by atoms with Gasteiger partial charge in [-0.15, -0.1) is 11.3 Å². The highest BCUT2D eigenvalue weighted by molar-refractivity contribution is 7.91. The van der Waals surface area contributed by atoms with E-state index >= 15 is 0 Å². The van der Waals surface area contributed by atoms with Crippen LogP contribution >= 0.6 is 11.3 Å². The molecule has 0 amide bonds. The van der Waals surface area contributed by atoms with Crippen LogP contribution in [-0.2, 0) is 9.84 Å². The van der Waals surface area contributed by atoms with Gasteiger partial charge in [0, 0.05) is 28.1 Å². The van der Waals surface area contributed by atoms with Crippen LogP contribution in [0.1, 0.15) is 41.6 Å². The highest BCUT2D eigenvalue weighted by Gasteiger charge is 2.13. The molecule has 0 bridgehead atoms. The second kappa shape index (κ2) is 6.68. The second-order valence-electron chi connectivity index (χ2n) is 4.70. The van der Waals surface area contributed by atoms with Crippen molar-refractivity contribution in [2.24, 2.45) is 0 Å². The van der Waals surface area contributed by atoms with Gasteiger partial charge < -0.3 is 5.32 Å². The molecule has 0 radical (unpaired) electrons. The first-order chi connectivity index (χ1) is 8.35. The monoisotopic (exact) mass is 289 g/mol. The predicted molar refractivity (Wildman–Crippen MR) is 79.2 cm³/mol. The van der Waals surface area contributed by atoms with Crippen LogP contribution < -0.4 is 5.32 Å². The fourth-order valence-electron chi connectivity index (χ4n) is 2.03.